The number of morpholine rings is 1. The Kier molecular flexibility index (Phi) is 5.40. The van der Waals surface area contributed by atoms with Crippen LogP contribution < -0.4 is 10.2 Å². The number of pyridine rings is 1. The molecular weight excluding hydrogens is 424 g/mol. The molecule has 0 aliphatic carbocycles. The van der Waals surface area contributed by atoms with Crippen molar-refractivity contribution in [2.75, 3.05) is 36.5 Å². The monoisotopic (exact) mass is 442 g/mol. The molecule has 0 unspecified atom stereocenters. The Morgan fingerprint density at radius 3 is 2.82 bits per heavy atom. The highest BCUT2D eigenvalue weighted by atomic mass is 79.9. The van der Waals surface area contributed by atoms with E-state index in [1.165, 1.54) is 6.07 Å². The molecule has 1 aliphatic rings. The van der Waals surface area contributed by atoms with E-state index < -0.39 is 0 Å². The van der Waals surface area contributed by atoms with Crippen LogP contribution >= 0.6 is 15.9 Å². The summed E-state index contributed by atoms with van der Waals surface area (Å²) in [5.74, 6) is 0. The number of rotatable bonds is 5. The third-order valence-corrected chi connectivity index (χ3v) is 5.31. The van der Waals surface area contributed by atoms with Gasteiger partial charge in [0.15, 0.2) is 0 Å². The lowest BCUT2D eigenvalue weighted by Gasteiger charge is -2.31. The van der Waals surface area contributed by atoms with Gasteiger partial charge in [-0.1, -0.05) is 22.0 Å². The smallest absolute Gasteiger partial charge is 0.278 e. The molecule has 1 aliphatic heterocycles. The van der Waals surface area contributed by atoms with Crippen molar-refractivity contribution < 1.29 is 9.66 Å². The number of nitrogens with zero attached hydrogens (tertiary/aromatic N) is 3. The van der Waals surface area contributed by atoms with E-state index in [9.17, 15) is 10.1 Å². The maximum Gasteiger partial charge on any atom is 0.278 e. The van der Waals surface area contributed by atoms with Crippen LogP contribution in [0.2, 0.25) is 0 Å². The predicted octanol–water partition coefficient (Wildman–Crippen LogP) is 4.35. The molecule has 4 rings (SSSR count). The van der Waals surface area contributed by atoms with Crippen LogP contribution in [0, 0.1) is 10.1 Å². The van der Waals surface area contributed by atoms with Crippen molar-refractivity contribution in [3.63, 3.8) is 0 Å². The number of non-ortho nitro benzene ring substituents is 1. The van der Waals surface area contributed by atoms with Gasteiger partial charge in [0.05, 0.1) is 29.2 Å². The average Bonchev–Trinajstić information content (AvgIpc) is 2.73. The fourth-order valence-corrected chi connectivity index (χ4v) is 3.78. The number of fused-ring (bicyclic) bond motifs is 1. The highest BCUT2D eigenvalue weighted by Gasteiger charge is 2.17. The Balaban J connectivity index is 1.64. The standard InChI is InChI=1S/C20H19BrN4O3/c21-15-4-3-14(19(12-15)24-8-10-28-11-9-24)13-23-17-5-6-18(25(26)27)16-2-1-7-22-20(16)17/h1-7,12,23H,8-11,13H2. The molecule has 0 saturated carbocycles. The minimum absolute atomic E-state index is 0.0614. The van der Waals surface area contributed by atoms with Crippen LogP contribution in [-0.4, -0.2) is 36.2 Å². The van der Waals surface area contributed by atoms with Crippen LogP contribution in [0.1, 0.15) is 5.56 Å². The van der Waals surface area contributed by atoms with Crippen molar-refractivity contribution in [3.05, 3.63) is 68.8 Å². The molecule has 8 heteroatoms. The van der Waals surface area contributed by atoms with Crippen molar-refractivity contribution in [1.29, 1.82) is 0 Å². The van der Waals surface area contributed by atoms with Crippen LogP contribution in [0.25, 0.3) is 10.9 Å². The molecule has 1 saturated heterocycles. The molecule has 2 heterocycles. The van der Waals surface area contributed by atoms with Crippen molar-refractivity contribution in [3.8, 4) is 0 Å². The van der Waals surface area contributed by atoms with E-state index >= 15 is 0 Å². The summed E-state index contributed by atoms with van der Waals surface area (Å²) in [6.45, 7) is 3.73. The van der Waals surface area contributed by atoms with Gasteiger partial charge in [0.2, 0.25) is 0 Å². The third kappa shape index (κ3) is 3.79. The molecule has 7 nitrogen and oxygen atoms in total. The SMILES string of the molecule is O=[N+]([O-])c1ccc(NCc2ccc(Br)cc2N2CCOCC2)c2ncccc12. The quantitative estimate of drug-likeness (QED) is 0.467. The number of benzene rings is 2. The lowest BCUT2D eigenvalue weighted by Crippen LogP contribution is -2.36. The third-order valence-electron chi connectivity index (χ3n) is 4.81. The van der Waals surface area contributed by atoms with Crippen LogP contribution in [0.3, 0.4) is 0 Å². The molecule has 3 aromatic rings. The molecule has 1 fully saturated rings. The number of ether oxygens (including phenoxy) is 1. The largest absolute Gasteiger partial charge is 0.379 e. The lowest BCUT2D eigenvalue weighted by molar-refractivity contribution is -0.383. The fraction of sp³-hybridized carbons (Fsp3) is 0.250. The molecule has 0 bridgehead atoms. The van der Waals surface area contributed by atoms with E-state index in [1.54, 1.807) is 24.4 Å². The second kappa shape index (κ2) is 8.12. The van der Waals surface area contributed by atoms with E-state index in [0.29, 0.717) is 17.4 Å². The number of hydrogen-bond acceptors (Lipinski definition) is 6. The molecule has 1 aromatic heterocycles. The van der Waals surface area contributed by atoms with Gasteiger partial charge < -0.3 is 15.0 Å². The van der Waals surface area contributed by atoms with E-state index in [2.05, 4.69) is 43.3 Å². The van der Waals surface area contributed by atoms with Crippen LogP contribution in [0.4, 0.5) is 17.1 Å². The van der Waals surface area contributed by atoms with Gasteiger partial charge in [-0.15, -0.1) is 0 Å². The first-order valence-electron chi connectivity index (χ1n) is 9.00. The lowest BCUT2D eigenvalue weighted by atomic mass is 10.1. The number of aromatic nitrogens is 1. The zero-order chi connectivity index (χ0) is 19.5. The highest BCUT2D eigenvalue weighted by Crippen LogP contribution is 2.31. The van der Waals surface area contributed by atoms with Crippen LogP contribution in [0.5, 0.6) is 0 Å². The van der Waals surface area contributed by atoms with Gasteiger partial charge in [-0.05, 0) is 35.9 Å². The number of hydrogen-bond donors (Lipinski definition) is 1. The van der Waals surface area contributed by atoms with Gasteiger partial charge in [0, 0.05) is 42.1 Å². The summed E-state index contributed by atoms with van der Waals surface area (Å²) in [7, 11) is 0. The number of nitrogens with one attached hydrogen (secondary N) is 1. The van der Waals surface area contributed by atoms with E-state index in [0.717, 1.165) is 47.7 Å². The van der Waals surface area contributed by atoms with Crippen LogP contribution in [0.15, 0.2) is 53.1 Å². The van der Waals surface area contributed by atoms with Gasteiger partial charge in [-0.25, -0.2) is 0 Å². The molecule has 2 aromatic carbocycles. The normalized spacial score (nSPS) is 14.2. The fourth-order valence-electron chi connectivity index (χ4n) is 3.44. The molecule has 1 N–H and O–H groups in total. The Labute approximate surface area is 170 Å². The van der Waals surface area contributed by atoms with Gasteiger partial charge in [0.1, 0.15) is 5.52 Å². The van der Waals surface area contributed by atoms with Crippen molar-refractivity contribution in [2.45, 2.75) is 6.54 Å². The number of halogens is 1. The molecule has 0 radical (unpaired) electrons. The van der Waals surface area contributed by atoms with Gasteiger partial charge in [-0.2, -0.15) is 0 Å². The summed E-state index contributed by atoms with van der Waals surface area (Å²) in [5.41, 5.74) is 3.74. The average molecular weight is 443 g/mol. The van der Waals surface area contributed by atoms with Crippen LogP contribution in [-0.2, 0) is 11.3 Å². The molecule has 0 spiro atoms. The van der Waals surface area contributed by atoms with Gasteiger partial charge >= 0.3 is 0 Å². The molecular formula is C20H19BrN4O3. The minimum Gasteiger partial charge on any atom is -0.379 e. The van der Waals surface area contributed by atoms with Gasteiger partial charge in [0.25, 0.3) is 5.69 Å². The summed E-state index contributed by atoms with van der Waals surface area (Å²) in [6, 6.07) is 12.9. The van der Waals surface area contributed by atoms with E-state index in [-0.39, 0.29) is 10.6 Å². The summed E-state index contributed by atoms with van der Waals surface area (Å²) in [5, 5.41) is 15.2. The Morgan fingerprint density at radius 1 is 1.21 bits per heavy atom. The zero-order valence-corrected chi connectivity index (χ0v) is 16.7. The summed E-state index contributed by atoms with van der Waals surface area (Å²) >= 11 is 3.56. The van der Waals surface area contributed by atoms with Gasteiger partial charge in [-0.3, -0.25) is 15.1 Å². The first-order valence-corrected chi connectivity index (χ1v) is 9.80. The second-order valence-corrected chi connectivity index (χ2v) is 7.43. The Morgan fingerprint density at radius 2 is 2.04 bits per heavy atom. The maximum absolute atomic E-state index is 11.3. The van der Waals surface area contributed by atoms with Crippen molar-refractivity contribution in [1.82, 2.24) is 4.98 Å². The first kappa shape index (κ1) is 18.6. The molecule has 144 valence electrons. The topological polar surface area (TPSA) is 80.5 Å². The number of anilines is 2. The highest BCUT2D eigenvalue weighted by molar-refractivity contribution is 9.10. The summed E-state index contributed by atoms with van der Waals surface area (Å²) in [4.78, 5) is 17.6. The van der Waals surface area contributed by atoms with E-state index in [1.807, 2.05) is 6.07 Å². The molecule has 0 amide bonds. The second-order valence-electron chi connectivity index (χ2n) is 6.51. The minimum atomic E-state index is -0.376. The predicted molar refractivity (Wildman–Crippen MR) is 113 cm³/mol. The first-order chi connectivity index (χ1) is 13.6. The maximum atomic E-state index is 11.3. The van der Waals surface area contributed by atoms with Crippen molar-refractivity contribution in [2.24, 2.45) is 0 Å². The summed E-state index contributed by atoms with van der Waals surface area (Å²) < 4.78 is 6.49. The molecule has 0 atom stereocenters. The summed E-state index contributed by atoms with van der Waals surface area (Å²) in [6.07, 6.45) is 1.65. The van der Waals surface area contributed by atoms with E-state index in [4.69, 9.17) is 4.74 Å². The number of nitro groups is 1. The zero-order valence-electron chi connectivity index (χ0n) is 15.1. The molecule has 28 heavy (non-hydrogen) atoms. The Hall–Kier alpha value is -2.71. The van der Waals surface area contributed by atoms with Crippen molar-refractivity contribution >= 4 is 43.9 Å². The Bertz CT molecular complexity index is 1020. The number of nitro benzene ring substituents is 1.